The summed E-state index contributed by atoms with van der Waals surface area (Å²) in [4.78, 5) is 28.7. The van der Waals surface area contributed by atoms with Crippen molar-refractivity contribution in [2.24, 2.45) is 10.9 Å². The molecule has 1 aromatic carbocycles. The second-order valence-corrected chi connectivity index (χ2v) is 9.12. The third kappa shape index (κ3) is 4.00. The highest BCUT2D eigenvalue weighted by molar-refractivity contribution is 9.09. The van der Waals surface area contributed by atoms with E-state index in [-0.39, 0.29) is 5.56 Å². The maximum atomic E-state index is 15.2. The van der Waals surface area contributed by atoms with Crippen molar-refractivity contribution in [1.82, 2.24) is 4.57 Å². The van der Waals surface area contributed by atoms with E-state index in [1.807, 2.05) is 0 Å². The molecule has 31 heavy (non-hydrogen) atoms. The molecule has 0 fully saturated rings. The topological polar surface area (TPSA) is 99.4 Å². The van der Waals surface area contributed by atoms with Gasteiger partial charge in [0.1, 0.15) is 17.4 Å². The number of halogens is 2. The number of nitrogens with zero attached hydrogens (tertiary/aromatic N) is 2. The van der Waals surface area contributed by atoms with Crippen LogP contribution in [0.25, 0.3) is 10.9 Å². The fourth-order valence-corrected chi connectivity index (χ4v) is 4.26. The summed E-state index contributed by atoms with van der Waals surface area (Å²) >= 11 is 2.95. The first-order valence-corrected chi connectivity index (χ1v) is 10.5. The third-order valence-electron chi connectivity index (χ3n) is 5.12. The lowest BCUT2D eigenvalue weighted by Crippen LogP contribution is -2.48. The van der Waals surface area contributed by atoms with Crippen molar-refractivity contribution in [2.45, 2.75) is 50.0 Å². The molecule has 168 valence electrons. The number of carboxylic acid groups (broad SMARTS) is 1. The molecule has 10 heteroatoms. The molecule has 0 radical (unpaired) electrons. The van der Waals surface area contributed by atoms with Gasteiger partial charge in [0.15, 0.2) is 6.40 Å². The van der Waals surface area contributed by atoms with Crippen LogP contribution < -0.4 is 4.74 Å². The molecule has 4 unspecified atom stereocenters. The first-order valence-electron chi connectivity index (χ1n) is 9.55. The molecule has 0 aliphatic carbocycles. The fraction of sp³-hybridized carbons (Fsp3) is 0.476. The van der Waals surface area contributed by atoms with Gasteiger partial charge in [0.05, 0.1) is 18.5 Å². The van der Waals surface area contributed by atoms with Crippen molar-refractivity contribution in [3.63, 3.8) is 0 Å². The monoisotopic (exact) mass is 498 g/mol. The van der Waals surface area contributed by atoms with Gasteiger partial charge in [-0.2, -0.15) is 0 Å². The zero-order valence-corrected chi connectivity index (χ0v) is 19.3. The maximum absolute atomic E-state index is 15.2. The fourth-order valence-electron chi connectivity index (χ4n) is 3.63. The van der Waals surface area contributed by atoms with Gasteiger partial charge in [-0.15, -0.1) is 0 Å². The Hall–Kier alpha value is -2.62. The molecule has 0 amide bonds. The van der Waals surface area contributed by atoms with E-state index in [1.165, 1.54) is 24.8 Å². The van der Waals surface area contributed by atoms with E-state index in [1.54, 1.807) is 39.0 Å². The first-order chi connectivity index (χ1) is 14.4. The van der Waals surface area contributed by atoms with Crippen LogP contribution in [0, 0.1) is 5.92 Å². The van der Waals surface area contributed by atoms with Gasteiger partial charge in [0.25, 0.3) is 0 Å². The van der Waals surface area contributed by atoms with Gasteiger partial charge in [-0.1, -0.05) is 0 Å². The van der Waals surface area contributed by atoms with Crippen molar-refractivity contribution < 1.29 is 33.3 Å². The zero-order valence-electron chi connectivity index (χ0n) is 17.8. The molecule has 0 bridgehead atoms. The van der Waals surface area contributed by atoms with Crippen molar-refractivity contribution in [3.05, 3.63) is 30.0 Å². The molecule has 0 saturated heterocycles. The number of ether oxygens (including phenoxy) is 3. The van der Waals surface area contributed by atoms with Gasteiger partial charge in [0, 0.05) is 17.1 Å². The number of aromatic nitrogens is 1. The van der Waals surface area contributed by atoms with Crippen LogP contribution in [0.5, 0.6) is 5.75 Å². The van der Waals surface area contributed by atoms with Crippen molar-refractivity contribution in [2.75, 3.05) is 7.11 Å². The molecular weight excluding hydrogens is 475 g/mol. The smallest absolute Gasteiger partial charge is 0.419 e. The van der Waals surface area contributed by atoms with Gasteiger partial charge in [-0.25, -0.2) is 14.2 Å². The minimum absolute atomic E-state index is 0.243. The number of alkyl halides is 2. The Bertz CT molecular complexity index is 1040. The first kappa shape index (κ1) is 23.1. The third-order valence-corrected chi connectivity index (χ3v) is 5.80. The standard InChI is InChI=1S/C21H24BrFN2O6/c1-11(17(26)27)16-21(18(22)23,30-10-24-16)14-9-25(19(28)31-20(2,3)4)15-7-6-12(29-5)8-13(14)15/h6-11,16,18H,1-5H3,(H,26,27). The molecular formula is C21H24BrFN2O6. The Balaban J connectivity index is 2.28. The summed E-state index contributed by atoms with van der Waals surface area (Å²) in [7, 11) is 1.48. The van der Waals surface area contributed by atoms with E-state index in [9.17, 15) is 14.7 Å². The minimum Gasteiger partial charge on any atom is -0.497 e. The van der Waals surface area contributed by atoms with E-state index in [2.05, 4.69) is 20.9 Å². The number of aliphatic carboxylic acids is 1. The number of benzene rings is 1. The number of fused-ring (bicyclic) bond motifs is 1. The zero-order chi connectivity index (χ0) is 23.1. The number of aliphatic imine (C=N–C) groups is 1. The van der Waals surface area contributed by atoms with Crippen LogP contribution in [0.3, 0.4) is 0 Å². The number of methoxy groups -OCH3 is 1. The lowest BCUT2D eigenvalue weighted by Gasteiger charge is -2.35. The Morgan fingerprint density at radius 2 is 2.06 bits per heavy atom. The number of carbonyl (C=O) groups excluding carboxylic acids is 1. The molecule has 2 aromatic rings. The molecule has 8 nitrogen and oxygen atoms in total. The molecule has 0 spiro atoms. The van der Waals surface area contributed by atoms with E-state index < -0.39 is 40.3 Å². The Morgan fingerprint density at radius 3 is 2.61 bits per heavy atom. The van der Waals surface area contributed by atoms with Gasteiger partial charge in [-0.3, -0.25) is 9.36 Å². The van der Waals surface area contributed by atoms with Crippen molar-refractivity contribution in [3.8, 4) is 5.75 Å². The highest BCUT2D eigenvalue weighted by atomic mass is 79.9. The average Bonchev–Trinajstić information content (AvgIpc) is 3.27. The molecule has 1 N–H and O–H groups in total. The SMILES string of the molecule is COc1ccc2c(c1)c(C1(C(F)Br)OC=NC1C(C)C(=O)O)cn2C(=O)OC(C)(C)C. The van der Waals surface area contributed by atoms with Crippen LogP contribution in [0.1, 0.15) is 33.3 Å². The summed E-state index contributed by atoms with van der Waals surface area (Å²) in [5.41, 5.74) is -1.92. The normalized spacial score (nSPS) is 22.7. The number of rotatable bonds is 5. The van der Waals surface area contributed by atoms with Gasteiger partial charge < -0.3 is 19.3 Å². The molecule has 1 aromatic heterocycles. The predicted octanol–water partition coefficient (Wildman–Crippen LogP) is 4.47. The quantitative estimate of drug-likeness (QED) is 0.610. The summed E-state index contributed by atoms with van der Waals surface area (Å²) in [5.74, 6) is -1.75. The largest absolute Gasteiger partial charge is 0.497 e. The Morgan fingerprint density at radius 1 is 1.39 bits per heavy atom. The van der Waals surface area contributed by atoms with Gasteiger partial charge in [-0.05, 0) is 61.8 Å². The summed E-state index contributed by atoms with van der Waals surface area (Å²) in [6.45, 7) is 6.63. The number of hydrogen-bond donors (Lipinski definition) is 1. The van der Waals surface area contributed by atoms with Crippen molar-refractivity contribution >= 4 is 45.3 Å². The lowest BCUT2D eigenvalue weighted by molar-refractivity contribution is -0.144. The van der Waals surface area contributed by atoms with Gasteiger partial charge in [0.2, 0.25) is 10.7 Å². The van der Waals surface area contributed by atoms with E-state index in [0.717, 1.165) is 6.40 Å². The second-order valence-electron chi connectivity index (χ2n) is 8.31. The Kier molecular flexibility index (Phi) is 6.05. The van der Waals surface area contributed by atoms with Crippen LogP contribution >= 0.6 is 15.9 Å². The van der Waals surface area contributed by atoms with Crippen molar-refractivity contribution in [1.29, 1.82) is 0 Å². The second kappa shape index (κ2) is 8.14. The van der Waals surface area contributed by atoms with Gasteiger partial charge >= 0.3 is 12.1 Å². The van der Waals surface area contributed by atoms with E-state index in [0.29, 0.717) is 16.7 Å². The van der Waals surface area contributed by atoms with Crippen LogP contribution in [-0.4, -0.2) is 52.0 Å². The number of hydrogen-bond acceptors (Lipinski definition) is 6. The lowest BCUT2D eigenvalue weighted by atomic mass is 9.81. The molecule has 0 saturated carbocycles. The molecule has 1 aliphatic rings. The number of carboxylic acids is 1. The summed E-state index contributed by atoms with van der Waals surface area (Å²) in [5, 5.41) is 8.16. The highest BCUT2D eigenvalue weighted by Crippen LogP contribution is 2.48. The minimum atomic E-state index is -1.84. The van der Waals surface area contributed by atoms with Crippen LogP contribution in [0.2, 0.25) is 0 Å². The molecule has 2 heterocycles. The molecule has 4 atom stereocenters. The summed E-state index contributed by atoms with van der Waals surface area (Å²) in [6.07, 6.45) is 1.78. The maximum Gasteiger partial charge on any atom is 0.419 e. The summed E-state index contributed by atoms with van der Waals surface area (Å²) in [6, 6.07) is 3.84. The van der Waals surface area contributed by atoms with Crippen LogP contribution in [0.15, 0.2) is 29.4 Å². The Labute approximate surface area is 187 Å². The van der Waals surface area contributed by atoms with E-state index in [4.69, 9.17) is 14.2 Å². The molecule has 3 rings (SSSR count). The number of carbonyl (C=O) groups is 2. The average molecular weight is 499 g/mol. The molecule has 1 aliphatic heterocycles. The highest BCUT2D eigenvalue weighted by Gasteiger charge is 2.56. The van der Waals surface area contributed by atoms with E-state index >= 15 is 4.39 Å². The summed E-state index contributed by atoms with van der Waals surface area (Å²) < 4.78 is 32.9. The predicted molar refractivity (Wildman–Crippen MR) is 116 cm³/mol. The van der Waals surface area contributed by atoms with Crippen LogP contribution in [-0.2, 0) is 19.9 Å². The van der Waals surface area contributed by atoms with Crippen LogP contribution in [0.4, 0.5) is 9.18 Å².